The van der Waals surface area contributed by atoms with E-state index in [1.165, 1.54) is 12.8 Å². The van der Waals surface area contributed by atoms with E-state index in [0.29, 0.717) is 6.04 Å². The van der Waals surface area contributed by atoms with Crippen LogP contribution in [0.15, 0.2) is 42.7 Å². The molecule has 1 aliphatic rings. The lowest BCUT2D eigenvalue weighted by molar-refractivity contribution is 0.198. The number of hydrogen-bond donors (Lipinski definition) is 1. The van der Waals surface area contributed by atoms with Gasteiger partial charge in [0.2, 0.25) is 0 Å². The van der Waals surface area contributed by atoms with Crippen molar-refractivity contribution in [3.05, 3.63) is 42.7 Å². The summed E-state index contributed by atoms with van der Waals surface area (Å²) in [4.78, 5) is 6.63. The van der Waals surface area contributed by atoms with Crippen LogP contribution in [0.1, 0.15) is 12.8 Å². The molecule has 21 heavy (non-hydrogen) atoms. The van der Waals surface area contributed by atoms with Crippen LogP contribution in [0.5, 0.6) is 5.75 Å². The average Bonchev–Trinajstić information content (AvgIpc) is 2.91. The van der Waals surface area contributed by atoms with Crippen molar-refractivity contribution in [1.29, 1.82) is 0 Å². The van der Waals surface area contributed by atoms with Gasteiger partial charge < -0.3 is 15.4 Å². The number of aromatic nitrogens is 1. The molecule has 0 aliphatic carbocycles. The Balaban J connectivity index is 1.71. The normalized spacial score (nSPS) is 18.8. The number of nitrogens with two attached hydrogens (primary N) is 1. The van der Waals surface area contributed by atoms with Crippen molar-refractivity contribution in [3.8, 4) is 16.9 Å². The van der Waals surface area contributed by atoms with Crippen molar-refractivity contribution in [2.24, 2.45) is 0 Å². The maximum atomic E-state index is 5.92. The fourth-order valence-corrected chi connectivity index (χ4v) is 2.76. The summed E-state index contributed by atoms with van der Waals surface area (Å²) in [5.41, 5.74) is 8.68. The minimum absolute atomic E-state index is 0.515. The van der Waals surface area contributed by atoms with E-state index < -0.39 is 0 Å². The summed E-state index contributed by atoms with van der Waals surface area (Å²) in [5.74, 6) is 0.815. The first-order valence-corrected chi connectivity index (χ1v) is 7.36. The fourth-order valence-electron chi connectivity index (χ4n) is 2.76. The van der Waals surface area contributed by atoms with Gasteiger partial charge in [0.15, 0.2) is 0 Å². The van der Waals surface area contributed by atoms with Crippen molar-refractivity contribution >= 4 is 5.69 Å². The number of nitrogens with zero attached hydrogens (tertiary/aromatic N) is 2. The zero-order chi connectivity index (χ0) is 14.7. The van der Waals surface area contributed by atoms with E-state index in [1.54, 1.807) is 6.20 Å². The number of nitrogen functional groups attached to an aromatic ring is 1. The molecule has 2 heterocycles. The number of benzene rings is 1. The predicted octanol–water partition coefficient (Wildman–Crippen LogP) is 2.80. The molecule has 0 bridgehead atoms. The van der Waals surface area contributed by atoms with Crippen LogP contribution in [0, 0.1) is 0 Å². The Morgan fingerprint density at radius 3 is 2.95 bits per heavy atom. The largest absolute Gasteiger partial charge is 0.490 e. The van der Waals surface area contributed by atoms with Crippen LogP contribution in [0.25, 0.3) is 11.1 Å². The van der Waals surface area contributed by atoms with E-state index in [9.17, 15) is 0 Å². The molecule has 0 spiro atoms. The lowest BCUT2D eigenvalue weighted by atomic mass is 10.1. The van der Waals surface area contributed by atoms with Crippen molar-refractivity contribution in [3.63, 3.8) is 0 Å². The van der Waals surface area contributed by atoms with Crippen molar-refractivity contribution < 1.29 is 4.74 Å². The minimum Gasteiger partial charge on any atom is -0.490 e. The second-order valence-electron chi connectivity index (χ2n) is 5.62. The van der Waals surface area contributed by atoms with Gasteiger partial charge in [0.25, 0.3) is 0 Å². The third kappa shape index (κ3) is 3.34. The van der Waals surface area contributed by atoms with E-state index in [0.717, 1.165) is 35.7 Å². The molecular formula is C17H21N3O. The lowest BCUT2D eigenvalue weighted by Gasteiger charge is -2.19. The highest BCUT2D eigenvalue weighted by atomic mass is 16.5. The predicted molar refractivity (Wildman–Crippen MR) is 85.2 cm³/mol. The van der Waals surface area contributed by atoms with Crippen LogP contribution in [0.3, 0.4) is 0 Å². The molecule has 4 nitrogen and oxygen atoms in total. The Kier molecular flexibility index (Phi) is 4.06. The zero-order valence-electron chi connectivity index (χ0n) is 12.3. The summed E-state index contributed by atoms with van der Waals surface area (Å²) in [5, 5.41) is 0. The molecule has 1 aromatic heterocycles. The molecule has 4 heteroatoms. The number of likely N-dealkylation sites (N-methyl/N-ethyl adjacent to an activating group) is 1. The van der Waals surface area contributed by atoms with Gasteiger partial charge in [-0.1, -0.05) is 12.1 Å². The van der Waals surface area contributed by atoms with Gasteiger partial charge in [0.1, 0.15) is 12.4 Å². The molecule has 1 atom stereocenters. The first-order chi connectivity index (χ1) is 10.2. The van der Waals surface area contributed by atoms with Crippen molar-refractivity contribution in [2.45, 2.75) is 18.9 Å². The van der Waals surface area contributed by atoms with E-state index in [1.807, 2.05) is 36.5 Å². The van der Waals surface area contributed by atoms with Crippen LogP contribution in [-0.4, -0.2) is 36.1 Å². The second kappa shape index (κ2) is 6.14. The highest BCUT2D eigenvalue weighted by molar-refractivity contribution is 5.67. The van der Waals surface area contributed by atoms with Gasteiger partial charge >= 0.3 is 0 Å². The van der Waals surface area contributed by atoms with Crippen molar-refractivity contribution in [1.82, 2.24) is 9.88 Å². The van der Waals surface area contributed by atoms with Gasteiger partial charge in [0, 0.05) is 23.5 Å². The maximum absolute atomic E-state index is 5.92. The van der Waals surface area contributed by atoms with Gasteiger partial charge in [-0.15, -0.1) is 0 Å². The quantitative estimate of drug-likeness (QED) is 0.877. The third-order valence-electron chi connectivity index (χ3n) is 4.05. The molecular weight excluding hydrogens is 262 g/mol. The van der Waals surface area contributed by atoms with Crippen LogP contribution < -0.4 is 10.5 Å². The summed E-state index contributed by atoms with van der Waals surface area (Å²) in [6, 6.07) is 10.4. The SMILES string of the molecule is CN1CCC[C@H]1COc1cncc(-c2cccc(N)c2)c1. The van der Waals surface area contributed by atoms with Gasteiger partial charge in [-0.25, -0.2) is 0 Å². The summed E-state index contributed by atoms with van der Waals surface area (Å²) in [6.45, 7) is 1.88. The first-order valence-electron chi connectivity index (χ1n) is 7.36. The number of hydrogen-bond acceptors (Lipinski definition) is 4. The fraction of sp³-hybridized carbons (Fsp3) is 0.353. The van der Waals surface area contributed by atoms with E-state index >= 15 is 0 Å². The molecule has 2 aromatic rings. The number of ether oxygens (including phenoxy) is 1. The van der Waals surface area contributed by atoms with E-state index in [4.69, 9.17) is 10.5 Å². The molecule has 3 rings (SSSR count). The van der Waals surface area contributed by atoms with Gasteiger partial charge in [0.05, 0.1) is 6.20 Å². The molecule has 1 aliphatic heterocycles. The molecule has 110 valence electrons. The Labute approximate surface area is 125 Å². The molecule has 1 fully saturated rings. The molecule has 1 aromatic carbocycles. The highest BCUT2D eigenvalue weighted by Crippen LogP contribution is 2.25. The summed E-state index contributed by atoms with van der Waals surface area (Å²) < 4.78 is 5.92. The van der Waals surface area contributed by atoms with Crippen LogP contribution >= 0.6 is 0 Å². The number of likely N-dealkylation sites (tertiary alicyclic amines) is 1. The second-order valence-corrected chi connectivity index (χ2v) is 5.62. The standard InChI is InChI=1S/C17H21N3O/c1-20-7-3-6-16(20)12-21-17-9-14(10-19-11-17)13-4-2-5-15(18)8-13/h2,4-5,8-11,16H,3,6-7,12,18H2,1H3/t16-/m0/s1. The molecule has 2 N–H and O–H groups in total. The summed E-state index contributed by atoms with van der Waals surface area (Å²) in [6.07, 6.45) is 6.07. The minimum atomic E-state index is 0.515. The zero-order valence-corrected chi connectivity index (χ0v) is 12.3. The molecule has 0 radical (unpaired) electrons. The van der Waals surface area contributed by atoms with Crippen LogP contribution in [0.4, 0.5) is 5.69 Å². The molecule has 0 amide bonds. The summed E-state index contributed by atoms with van der Waals surface area (Å²) in [7, 11) is 2.16. The van der Waals surface area contributed by atoms with E-state index in [-0.39, 0.29) is 0 Å². The lowest BCUT2D eigenvalue weighted by Crippen LogP contribution is -2.30. The van der Waals surface area contributed by atoms with Crippen LogP contribution in [0.2, 0.25) is 0 Å². The topological polar surface area (TPSA) is 51.4 Å². The number of anilines is 1. The van der Waals surface area contributed by atoms with Gasteiger partial charge in [-0.2, -0.15) is 0 Å². The molecule has 1 saturated heterocycles. The Bertz CT molecular complexity index is 614. The Morgan fingerprint density at radius 1 is 1.29 bits per heavy atom. The Morgan fingerprint density at radius 2 is 2.19 bits per heavy atom. The molecule has 0 saturated carbocycles. The molecule has 0 unspecified atom stereocenters. The maximum Gasteiger partial charge on any atom is 0.138 e. The van der Waals surface area contributed by atoms with Crippen molar-refractivity contribution in [2.75, 3.05) is 25.9 Å². The van der Waals surface area contributed by atoms with Crippen LogP contribution in [-0.2, 0) is 0 Å². The number of pyridine rings is 1. The van der Waals surface area contributed by atoms with Gasteiger partial charge in [-0.3, -0.25) is 4.98 Å². The first kappa shape index (κ1) is 13.9. The number of rotatable bonds is 4. The average molecular weight is 283 g/mol. The smallest absolute Gasteiger partial charge is 0.138 e. The monoisotopic (exact) mass is 283 g/mol. The van der Waals surface area contributed by atoms with E-state index in [2.05, 4.69) is 16.9 Å². The van der Waals surface area contributed by atoms with Gasteiger partial charge in [-0.05, 0) is 50.2 Å². The highest BCUT2D eigenvalue weighted by Gasteiger charge is 2.21. The summed E-state index contributed by atoms with van der Waals surface area (Å²) >= 11 is 0. The Hall–Kier alpha value is -2.07. The third-order valence-corrected chi connectivity index (χ3v) is 4.05.